The Morgan fingerprint density at radius 3 is 2.70 bits per heavy atom. The maximum absolute atomic E-state index is 11.5. The molecule has 0 aliphatic rings. The Morgan fingerprint density at radius 2 is 2.05 bits per heavy atom. The van der Waals surface area contributed by atoms with E-state index >= 15 is 0 Å². The standard InChI is InChI=1S/C15H12ClN3O/c1-9(20)12-7-11(3-5-14(12)18)19-15-6-10(8-17)2-4-13(15)16/h2-7,19H,18H2,1H3. The van der Waals surface area contributed by atoms with Crippen molar-refractivity contribution in [2.45, 2.75) is 6.92 Å². The molecule has 0 bridgehead atoms. The number of nitrogens with two attached hydrogens (primary N) is 1. The summed E-state index contributed by atoms with van der Waals surface area (Å²) in [7, 11) is 0. The quantitative estimate of drug-likeness (QED) is 0.665. The van der Waals surface area contributed by atoms with Gasteiger partial charge in [-0.1, -0.05) is 11.6 Å². The number of ketones is 1. The van der Waals surface area contributed by atoms with Crippen molar-refractivity contribution in [1.29, 1.82) is 5.26 Å². The minimum Gasteiger partial charge on any atom is -0.398 e. The van der Waals surface area contributed by atoms with E-state index < -0.39 is 0 Å². The molecule has 0 aliphatic carbocycles. The van der Waals surface area contributed by atoms with Gasteiger partial charge in [0.2, 0.25) is 0 Å². The van der Waals surface area contributed by atoms with E-state index in [1.807, 2.05) is 6.07 Å². The number of anilines is 3. The lowest BCUT2D eigenvalue weighted by molar-refractivity contribution is 0.101. The number of rotatable bonds is 3. The smallest absolute Gasteiger partial charge is 0.161 e. The van der Waals surface area contributed by atoms with Crippen molar-refractivity contribution >= 4 is 34.4 Å². The average Bonchev–Trinajstić information content (AvgIpc) is 2.43. The lowest BCUT2D eigenvalue weighted by Crippen LogP contribution is -2.01. The first kappa shape index (κ1) is 13.9. The van der Waals surface area contributed by atoms with E-state index in [1.165, 1.54) is 6.92 Å². The van der Waals surface area contributed by atoms with Crippen LogP contribution < -0.4 is 11.1 Å². The van der Waals surface area contributed by atoms with Gasteiger partial charge in [-0.2, -0.15) is 5.26 Å². The molecular weight excluding hydrogens is 274 g/mol. The third-order valence-corrected chi connectivity index (χ3v) is 3.14. The first-order chi connectivity index (χ1) is 9.51. The number of carbonyl (C=O) groups excluding carboxylic acids is 1. The maximum Gasteiger partial charge on any atom is 0.161 e. The zero-order valence-corrected chi connectivity index (χ0v) is 11.5. The van der Waals surface area contributed by atoms with Crippen LogP contribution in [0.5, 0.6) is 0 Å². The van der Waals surface area contributed by atoms with Gasteiger partial charge in [-0.25, -0.2) is 0 Å². The number of Topliss-reactive ketones (excluding diaryl/α,β-unsaturated/α-hetero) is 1. The topological polar surface area (TPSA) is 78.9 Å². The van der Waals surface area contributed by atoms with Gasteiger partial charge in [0.15, 0.2) is 5.78 Å². The Labute approximate surface area is 121 Å². The van der Waals surface area contributed by atoms with Gasteiger partial charge in [-0.3, -0.25) is 4.79 Å². The molecule has 0 fully saturated rings. The molecule has 20 heavy (non-hydrogen) atoms. The van der Waals surface area contributed by atoms with Crippen LogP contribution in [0.15, 0.2) is 36.4 Å². The van der Waals surface area contributed by atoms with Crippen LogP contribution in [0.2, 0.25) is 5.02 Å². The summed E-state index contributed by atoms with van der Waals surface area (Å²) in [5, 5.41) is 12.5. The first-order valence-electron chi connectivity index (χ1n) is 5.88. The van der Waals surface area contributed by atoms with Gasteiger partial charge in [0.25, 0.3) is 0 Å². The predicted octanol–water partition coefficient (Wildman–Crippen LogP) is 3.74. The molecule has 0 aliphatic heterocycles. The van der Waals surface area contributed by atoms with Gasteiger partial charge in [0.1, 0.15) is 0 Å². The molecule has 0 radical (unpaired) electrons. The van der Waals surface area contributed by atoms with Gasteiger partial charge in [0, 0.05) is 16.9 Å². The van der Waals surface area contributed by atoms with E-state index in [4.69, 9.17) is 22.6 Å². The number of hydrogen-bond acceptors (Lipinski definition) is 4. The molecule has 0 unspecified atom stereocenters. The van der Waals surface area contributed by atoms with Crippen LogP contribution in [0, 0.1) is 11.3 Å². The minimum atomic E-state index is -0.108. The molecule has 0 atom stereocenters. The minimum absolute atomic E-state index is 0.108. The van der Waals surface area contributed by atoms with Gasteiger partial charge >= 0.3 is 0 Å². The van der Waals surface area contributed by atoms with Crippen LogP contribution >= 0.6 is 11.6 Å². The summed E-state index contributed by atoms with van der Waals surface area (Å²) in [6.45, 7) is 1.46. The molecule has 2 rings (SSSR count). The molecule has 3 N–H and O–H groups in total. The number of nitrogen functional groups attached to an aromatic ring is 1. The zero-order valence-electron chi connectivity index (χ0n) is 10.8. The largest absolute Gasteiger partial charge is 0.398 e. The second-order valence-corrected chi connectivity index (χ2v) is 4.70. The third kappa shape index (κ3) is 2.90. The van der Waals surface area contributed by atoms with Gasteiger partial charge in [-0.05, 0) is 43.3 Å². The SMILES string of the molecule is CC(=O)c1cc(Nc2cc(C#N)ccc2Cl)ccc1N. The van der Waals surface area contributed by atoms with Crippen LogP contribution in [-0.4, -0.2) is 5.78 Å². The van der Waals surface area contributed by atoms with Crippen molar-refractivity contribution in [3.05, 3.63) is 52.5 Å². The number of carbonyl (C=O) groups is 1. The lowest BCUT2D eigenvalue weighted by Gasteiger charge is -2.11. The van der Waals surface area contributed by atoms with Crippen molar-refractivity contribution in [3.8, 4) is 6.07 Å². The predicted molar refractivity (Wildman–Crippen MR) is 80.3 cm³/mol. The van der Waals surface area contributed by atoms with E-state index in [0.29, 0.717) is 33.2 Å². The lowest BCUT2D eigenvalue weighted by atomic mass is 10.1. The Bertz CT molecular complexity index is 720. The average molecular weight is 286 g/mol. The Balaban J connectivity index is 2.38. The summed E-state index contributed by atoms with van der Waals surface area (Å²) in [4.78, 5) is 11.5. The molecular formula is C15H12ClN3O. The molecule has 5 heteroatoms. The second kappa shape index (κ2) is 5.64. The second-order valence-electron chi connectivity index (χ2n) is 4.29. The van der Waals surface area contributed by atoms with Crippen LogP contribution in [0.25, 0.3) is 0 Å². The summed E-state index contributed by atoms with van der Waals surface area (Å²) in [6, 6.07) is 12.0. The molecule has 4 nitrogen and oxygen atoms in total. The highest BCUT2D eigenvalue weighted by molar-refractivity contribution is 6.33. The van der Waals surface area contributed by atoms with Crippen molar-refractivity contribution in [2.75, 3.05) is 11.1 Å². The Kier molecular flexibility index (Phi) is 3.92. The molecule has 0 amide bonds. The van der Waals surface area contributed by atoms with Crippen LogP contribution in [-0.2, 0) is 0 Å². The Hall–Kier alpha value is -2.51. The van der Waals surface area contributed by atoms with Crippen LogP contribution in [0.1, 0.15) is 22.8 Å². The molecule has 2 aromatic carbocycles. The summed E-state index contributed by atoms with van der Waals surface area (Å²) in [6.07, 6.45) is 0. The van der Waals surface area contributed by atoms with E-state index in [9.17, 15) is 4.79 Å². The molecule has 0 saturated carbocycles. The number of nitrogens with zero attached hydrogens (tertiary/aromatic N) is 1. The Morgan fingerprint density at radius 1 is 1.30 bits per heavy atom. The molecule has 0 heterocycles. The molecule has 0 spiro atoms. The van der Waals surface area contributed by atoms with Gasteiger partial charge < -0.3 is 11.1 Å². The summed E-state index contributed by atoms with van der Waals surface area (Å²) >= 11 is 6.07. The van der Waals surface area contributed by atoms with Gasteiger partial charge in [0.05, 0.1) is 22.3 Å². The van der Waals surface area contributed by atoms with Gasteiger partial charge in [-0.15, -0.1) is 0 Å². The monoisotopic (exact) mass is 285 g/mol. The summed E-state index contributed by atoms with van der Waals surface area (Å²) < 4.78 is 0. The zero-order chi connectivity index (χ0) is 14.7. The van der Waals surface area contributed by atoms with E-state index in [-0.39, 0.29) is 5.78 Å². The third-order valence-electron chi connectivity index (χ3n) is 2.81. The van der Waals surface area contributed by atoms with Crippen molar-refractivity contribution < 1.29 is 4.79 Å². The number of nitrogens with one attached hydrogen (secondary N) is 1. The normalized spacial score (nSPS) is 9.85. The number of benzene rings is 2. The number of hydrogen-bond donors (Lipinski definition) is 2. The summed E-state index contributed by atoms with van der Waals surface area (Å²) in [5.74, 6) is -0.108. The van der Waals surface area contributed by atoms with E-state index in [0.717, 1.165) is 0 Å². The number of halogens is 1. The highest BCUT2D eigenvalue weighted by Crippen LogP contribution is 2.28. The van der Waals surface area contributed by atoms with E-state index in [2.05, 4.69) is 5.32 Å². The van der Waals surface area contributed by atoms with Crippen LogP contribution in [0.3, 0.4) is 0 Å². The molecule has 0 aromatic heterocycles. The fourth-order valence-electron chi connectivity index (χ4n) is 1.79. The van der Waals surface area contributed by atoms with Crippen molar-refractivity contribution in [2.24, 2.45) is 0 Å². The van der Waals surface area contributed by atoms with Crippen molar-refractivity contribution in [1.82, 2.24) is 0 Å². The van der Waals surface area contributed by atoms with E-state index in [1.54, 1.807) is 36.4 Å². The first-order valence-corrected chi connectivity index (χ1v) is 6.26. The summed E-state index contributed by atoms with van der Waals surface area (Å²) in [5.41, 5.74) is 8.40. The molecule has 100 valence electrons. The fourth-order valence-corrected chi connectivity index (χ4v) is 1.95. The number of nitriles is 1. The van der Waals surface area contributed by atoms with Crippen molar-refractivity contribution in [3.63, 3.8) is 0 Å². The molecule has 0 saturated heterocycles. The fraction of sp³-hybridized carbons (Fsp3) is 0.0667. The maximum atomic E-state index is 11.5. The highest BCUT2D eigenvalue weighted by Gasteiger charge is 2.08. The highest BCUT2D eigenvalue weighted by atomic mass is 35.5. The van der Waals surface area contributed by atoms with Crippen LogP contribution in [0.4, 0.5) is 17.1 Å². The molecule has 2 aromatic rings.